The van der Waals surface area contributed by atoms with Gasteiger partial charge in [0.05, 0.1) is 26.1 Å². The summed E-state index contributed by atoms with van der Waals surface area (Å²) in [6.07, 6.45) is 2.29. The van der Waals surface area contributed by atoms with Crippen LogP contribution in [0.5, 0.6) is 11.5 Å². The summed E-state index contributed by atoms with van der Waals surface area (Å²) in [5.74, 6) is 0.890. The first kappa shape index (κ1) is 23.3. The minimum Gasteiger partial charge on any atom is -0.493 e. The van der Waals surface area contributed by atoms with Crippen molar-refractivity contribution in [3.8, 4) is 11.5 Å². The third kappa shape index (κ3) is 5.64. The highest BCUT2D eigenvalue weighted by atomic mass is 32.1. The highest BCUT2D eigenvalue weighted by molar-refractivity contribution is 7.17. The fourth-order valence-electron chi connectivity index (χ4n) is 3.05. The molecule has 3 aromatic rings. The first-order valence-electron chi connectivity index (χ1n) is 10.2. The molecule has 1 aromatic heterocycles. The number of carbonyl (C=O) groups is 1. The standard InChI is InChI=1S/C24H27N3O4S/c1-6-19-22(23(28)30-5)32-24(26-19)27-25-13-17-9-10-20(21(12-17)29-4)31-14-18-11-15(2)7-8-16(18)3/h7-13H,6,14H2,1-5H3,(H,26,27)/b25-13-. The van der Waals surface area contributed by atoms with Gasteiger partial charge in [-0.25, -0.2) is 9.78 Å². The average Bonchev–Trinajstić information content (AvgIpc) is 3.22. The van der Waals surface area contributed by atoms with Crippen molar-refractivity contribution in [3.05, 3.63) is 69.2 Å². The number of rotatable bonds is 9. The third-order valence-electron chi connectivity index (χ3n) is 4.85. The van der Waals surface area contributed by atoms with Crippen LogP contribution in [0.1, 0.15) is 44.5 Å². The van der Waals surface area contributed by atoms with E-state index >= 15 is 0 Å². The number of hydrazone groups is 1. The van der Waals surface area contributed by atoms with Crippen molar-refractivity contribution in [2.75, 3.05) is 19.6 Å². The highest BCUT2D eigenvalue weighted by Gasteiger charge is 2.17. The van der Waals surface area contributed by atoms with E-state index in [9.17, 15) is 4.79 Å². The number of carbonyl (C=O) groups excluding carboxylic acids is 1. The summed E-state index contributed by atoms with van der Waals surface area (Å²) in [6, 6.07) is 11.9. The SMILES string of the molecule is CCc1nc(N/N=C\c2ccc(OCc3cc(C)ccc3C)c(OC)c2)sc1C(=O)OC. The molecule has 7 nitrogen and oxygen atoms in total. The Bertz CT molecular complexity index is 1120. The zero-order valence-corrected chi connectivity index (χ0v) is 19.7. The van der Waals surface area contributed by atoms with Crippen LogP contribution in [0, 0.1) is 13.8 Å². The zero-order chi connectivity index (χ0) is 23.1. The summed E-state index contributed by atoms with van der Waals surface area (Å²) in [5, 5.41) is 4.76. The molecule has 0 radical (unpaired) electrons. The second kappa shape index (κ2) is 10.8. The molecule has 32 heavy (non-hydrogen) atoms. The zero-order valence-electron chi connectivity index (χ0n) is 18.9. The van der Waals surface area contributed by atoms with Gasteiger partial charge in [-0.05, 0) is 55.2 Å². The first-order chi connectivity index (χ1) is 15.4. The van der Waals surface area contributed by atoms with Crippen molar-refractivity contribution in [1.82, 2.24) is 4.98 Å². The molecule has 168 valence electrons. The molecule has 1 heterocycles. The Morgan fingerprint density at radius 2 is 1.97 bits per heavy atom. The van der Waals surface area contributed by atoms with Crippen LogP contribution in [0.3, 0.4) is 0 Å². The van der Waals surface area contributed by atoms with Gasteiger partial charge in [-0.15, -0.1) is 0 Å². The van der Waals surface area contributed by atoms with Gasteiger partial charge in [-0.2, -0.15) is 5.10 Å². The molecule has 0 aliphatic heterocycles. The van der Waals surface area contributed by atoms with E-state index in [1.54, 1.807) is 13.3 Å². The minimum absolute atomic E-state index is 0.391. The fourth-order valence-corrected chi connectivity index (χ4v) is 3.97. The van der Waals surface area contributed by atoms with E-state index in [4.69, 9.17) is 14.2 Å². The third-order valence-corrected chi connectivity index (χ3v) is 5.83. The van der Waals surface area contributed by atoms with Crippen LogP contribution in [-0.4, -0.2) is 31.4 Å². The predicted molar refractivity (Wildman–Crippen MR) is 127 cm³/mol. The molecule has 1 N–H and O–H groups in total. The quantitative estimate of drug-likeness (QED) is 0.274. The Kier molecular flexibility index (Phi) is 7.83. The van der Waals surface area contributed by atoms with Crippen LogP contribution in [-0.2, 0) is 17.8 Å². The molecule has 2 aromatic carbocycles. The number of esters is 1. The van der Waals surface area contributed by atoms with E-state index in [1.807, 2.05) is 25.1 Å². The number of hydrogen-bond acceptors (Lipinski definition) is 8. The normalized spacial score (nSPS) is 10.9. The van der Waals surface area contributed by atoms with Gasteiger partial charge in [0.25, 0.3) is 0 Å². The maximum Gasteiger partial charge on any atom is 0.350 e. The van der Waals surface area contributed by atoms with Crippen LogP contribution in [0.15, 0.2) is 41.5 Å². The number of aromatic nitrogens is 1. The second-order valence-electron chi connectivity index (χ2n) is 7.14. The fraction of sp³-hybridized carbons (Fsp3) is 0.292. The number of thiazole rings is 1. The monoisotopic (exact) mass is 453 g/mol. The number of aryl methyl sites for hydroxylation is 3. The summed E-state index contributed by atoms with van der Waals surface area (Å²) in [4.78, 5) is 16.7. The van der Waals surface area contributed by atoms with Crippen molar-refractivity contribution in [2.24, 2.45) is 5.10 Å². The Hall–Kier alpha value is -3.39. The van der Waals surface area contributed by atoms with Gasteiger partial charge in [-0.1, -0.05) is 42.0 Å². The lowest BCUT2D eigenvalue weighted by molar-refractivity contribution is 0.0605. The number of hydrogen-bond donors (Lipinski definition) is 1. The highest BCUT2D eigenvalue weighted by Crippen LogP contribution is 2.29. The van der Waals surface area contributed by atoms with E-state index in [-0.39, 0.29) is 0 Å². The maximum absolute atomic E-state index is 11.8. The van der Waals surface area contributed by atoms with E-state index in [2.05, 4.69) is 47.6 Å². The second-order valence-corrected chi connectivity index (χ2v) is 8.14. The van der Waals surface area contributed by atoms with Gasteiger partial charge in [0.2, 0.25) is 5.13 Å². The largest absolute Gasteiger partial charge is 0.493 e. The van der Waals surface area contributed by atoms with Crippen LogP contribution in [0.2, 0.25) is 0 Å². The van der Waals surface area contributed by atoms with Gasteiger partial charge in [0, 0.05) is 0 Å². The molecule has 0 aliphatic rings. The minimum atomic E-state index is -0.391. The Labute approximate surface area is 192 Å². The average molecular weight is 454 g/mol. The van der Waals surface area contributed by atoms with Gasteiger partial charge in [0.15, 0.2) is 11.5 Å². The predicted octanol–water partition coefficient (Wildman–Crippen LogP) is 5.14. The van der Waals surface area contributed by atoms with Crippen LogP contribution < -0.4 is 14.9 Å². The lowest BCUT2D eigenvalue weighted by Gasteiger charge is -2.13. The topological polar surface area (TPSA) is 82.0 Å². The van der Waals surface area contributed by atoms with E-state index < -0.39 is 5.97 Å². The molecule has 0 fully saturated rings. The number of nitrogens with zero attached hydrogens (tertiary/aromatic N) is 2. The molecule has 0 bridgehead atoms. The van der Waals surface area contributed by atoms with Crippen molar-refractivity contribution in [3.63, 3.8) is 0 Å². The molecule has 3 rings (SSSR count). The molecular weight excluding hydrogens is 426 g/mol. The first-order valence-corrected chi connectivity index (χ1v) is 11.0. The summed E-state index contributed by atoms with van der Waals surface area (Å²) >= 11 is 1.21. The molecule has 8 heteroatoms. The number of benzene rings is 2. The summed E-state index contributed by atoms with van der Waals surface area (Å²) < 4.78 is 16.3. The Balaban J connectivity index is 1.68. The molecule has 0 aliphatic carbocycles. The van der Waals surface area contributed by atoms with Gasteiger partial charge in [-0.3, -0.25) is 5.43 Å². The van der Waals surface area contributed by atoms with Gasteiger partial charge < -0.3 is 14.2 Å². The summed E-state index contributed by atoms with van der Waals surface area (Å²) in [7, 11) is 2.96. The van der Waals surface area contributed by atoms with Gasteiger partial charge >= 0.3 is 5.97 Å². The van der Waals surface area contributed by atoms with Crippen molar-refractivity contribution < 1.29 is 19.0 Å². The van der Waals surface area contributed by atoms with E-state index in [1.165, 1.54) is 29.6 Å². The smallest absolute Gasteiger partial charge is 0.350 e. The summed E-state index contributed by atoms with van der Waals surface area (Å²) in [6.45, 7) is 6.54. The summed E-state index contributed by atoms with van der Waals surface area (Å²) in [5.41, 5.74) is 7.92. The Morgan fingerprint density at radius 3 is 2.69 bits per heavy atom. The number of anilines is 1. The maximum atomic E-state index is 11.8. The van der Waals surface area contributed by atoms with E-state index in [0.717, 1.165) is 11.1 Å². The molecule has 0 saturated carbocycles. The van der Waals surface area contributed by atoms with Crippen LogP contribution in [0.25, 0.3) is 0 Å². The molecule has 0 amide bonds. The van der Waals surface area contributed by atoms with Crippen LogP contribution in [0.4, 0.5) is 5.13 Å². The van der Waals surface area contributed by atoms with Crippen molar-refractivity contribution >= 4 is 28.7 Å². The lowest BCUT2D eigenvalue weighted by Crippen LogP contribution is -2.01. The number of methoxy groups -OCH3 is 2. The van der Waals surface area contributed by atoms with Crippen LogP contribution >= 0.6 is 11.3 Å². The number of ether oxygens (including phenoxy) is 3. The van der Waals surface area contributed by atoms with Gasteiger partial charge in [0.1, 0.15) is 11.5 Å². The Morgan fingerprint density at radius 1 is 1.16 bits per heavy atom. The van der Waals surface area contributed by atoms with Crippen molar-refractivity contribution in [2.45, 2.75) is 33.8 Å². The number of nitrogens with one attached hydrogen (secondary N) is 1. The molecule has 0 unspecified atom stereocenters. The molecule has 0 spiro atoms. The lowest BCUT2D eigenvalue weighted by atomic mass is 10.1. The van der Waals surface area contributed by atoms with E-state index in [0.29, 0.717) is 40.2 Å². The van der Waals surface area contributed by atoms with Crippen molar-refractivity contribution in [1.29, 1.82) is 0 Å². The molecule has 0 atom stereocenters. The molecular formula is C24H27N3O4S. The molecule has 0 saturated heterocycles.